The average Bonchev–Trinajstić information content (AvgIpc) is 2.69. The highest BCUT2D eigenvalue weighted by Gasteiger charge is 2.25. The third-order valence-electron chi connectivity index (χ3n) is 4.98. The predicted octanol–water partition coefficient (Wildman–Crippen LogP) is 2.88. The Bertz CT molecular complexity index is 884. The van der Waals surface area contributed by atoms with Crippen molar-refractivity contribution in [1.29, 1.82) is 0 Å². The highest BCUT2D eigenvalue weighted by atomic mass is 16.5. The Morgan fingerprint density at radius 2 is 1.76 bits per heavy atom. The van der Waals surface area contributed by atoms with E-state index in [9.17, 15) is 14.4 Å². The van der Waals surface area contributed by atoms with Crippen molar-refractivity contribution in [3.8, 4) is 5.75 Å². The molecule has 1 aliphatic rings. The van der Waals surface area contributed by atoms with Crippen molar-refractivity contribution in [2.75, 3.05) is 13.1 Å². The highest BCUT2D eigenvalue weighted by Crippen LogP contribution is 2.18. The Morgan fingerprint density at radius 3 is 2.41 bits per heavy atom. The number of benzene rings is 2. The van der Waals surface area contributed by atoms with E-state index in [0.717, 1.165) is 18.4 Å². The normalized spacial score (nSPS) is 14.3. The lowest BCUT2D eigenvalue weighted by atomic mass is 10.0. The third kappa shape index (κ3) is 5.91. The summed E-state index contributed by atoms with van der Waals surface area (Å²) < 4.78 is 5.05. The number of carbonyl (C=O) groups excluding carboxylic acids is 3. The van der Waals surface area contributed by atoms with Gasteiger partial charge in [0, 0.05) is 31.6 Å². The molecule has 0 atom stereocenters. The van der Waals surface area contributed by atoms with E-state index in [4.69, 9.17) is 4.74 Å². The van der Waals surface area contributed by atoms with E-state index in [1.807, 2.05) is 31.2 Å². The summed E-state index contributed by atoms with van der Waals surface area (Å²) in [5, 5.41) is 3.08. The molecule has 1 heterocycles. The molecule has 0 radical (unpaired) electrons. The molecule has 0 spiro atoms. The fourth-order valence-corrected chi connectivity index (χ4v) is 3.44. The van der Waals surface area contributed by atoms with Crippen LogP contribution in [0.2, 0.25) is 0 Å². The quantitative estimate of drug-likeness (QED) is 0.625. The van der Waals surface area contributed by atoms with Gasteiger partial charge in [-0.1, -0.05) is 35.9 Å². The molecule has 152 valence electrons. The minimum absolute atomic E-state index is 0.00714. The van der Waals surface area contributed by atoms with Crippen LogP contribution in [0.5, 0.6) is 5.75 Å². The smallest absolute Gasteiger partial charge is 0.308 e. The number of nitrogens with one attached hydrogen (secondary N) is 1. The number of ether oxygens (including phenoxy) is 1. The van der Waals surface area contributed by atoms with Crippen LogP contribution in [0.1, 0.15) is 41.3 Å². The summed E-state index contributed by atoms with van der Waals surface area (Å²) in [6.07, 6.45) is 1.80. The molecule has 1 N–H and O–H groups in total. The van der Waals surface area contributed by atoms with E-state index in [2.05, 4.69) is 5.32 Å². The number of rotatable bonds is 5. The first kappa shape index (κ1) is 20.6. The van der Waals surface area contributed by atoms with E-state index in [1.54, 1.807) is 29.2 Å². The van der Waals surface area contributed by atoms with Crippen molar-refractivity contribution < 1.29 is 19.1 Å². The van der Waals surface area contributed by atoms with Gasteiger partial charge in [-0.15, -0.1) is 0 Å². The van der Waals surface area contributed by atoms with Crippen molar-refractivity contribution in [2.24, 2.45) is 0 Å². The maximum Gasteiger partial charge on any atom is 0.308 e. The minimum Gasteiger partial charge on any atom is -0.427 e. The molecule has 29 heavy (non-hydrogen) atoms. The molecule has 2 aromatic carbocycles. The van der Waals surface area contributed by atoms with E-state index in [0.29, 0.717) is 30.8 Å². The van der Waals surface area contributed by atoms with Crippen LogP contribution < -0.4 is 10.1 Å². The van der Waals surface area contributed by atoms with Crippen LogP contribution in [-0.4, -0.2) is 41.8 Å². The molecule has 6 nitrogen and oxygen atoms in total. The molecule has 0 bridgehead atoms. The zero-order chi connectivity index (χ0) is 20.8. The van der Waals surface area contributed by atoms with Gasteiger partial charge >= 0.3 is 5.97 Å². The molecule has 3 rings (SSSR count). The largest absolute Gasteiger partial charge is 0.427 e. The summed E-state index contributed by atoms with van der Waals surface area (Å²) >= 11 is 0. The Kier molecular flexibility index (Phi) is 6.65. The second-order valence-electron chi connectivity index (χ2n) is 7.42. The second-order valence-corrected chi connectivity index (χ2v) is 7.42. The van der Waals surface area contributed by atoms with Crippen molar-refractivity contribution in [3.05, 3.63) is 65.2 Å². The zero-order valence-electron chi connectivity index (χ0n) is 16.8. The second kappa shape index (κ2) is 9.37. The lowest BCUT2D eigenvalue weighted by molar-refractivity contribution is -0.131. The van der Waals surface area contributed by atoms with Gasteiger partial charge in [0.25, 0.3) is 5.91 Å². The molecule has 2 amide bonds. The lowest BCUT2D eigenvalue weighted by Crippen LogP contribution is -2.46. The number of piperidine rings is 1. The van der Waals surface area contributed by atoms with Gasteiger partial charge in [-0.3, -0.25) is 14.4 Å². The molecule has 1 saturated heterocycles. The Balaban J connectivity index is 1.49. The Labute approximate surface area is 170 Å². The first-order valence-electron chi connectivity index (χ1n) is 9.83. The maximum absolute atomic E-state index is 12.7. The number of hydrogen-bond acceptors (Lipinski definition) is 4. The lowest BCUT2D eigenvalue weighted by Gasteiger charge is -2.32. The molecule has 0 aromatic heterocycles. The van der Waals surface area contributed by atoms with Crippen molar-refractivity contribution >= 4 is 17.8 Å². The van der Waals surface area contributed by atoms with Crippen LogP contribution >= 0.6 is 0 Å². The first-order valence-corrected chi connectivity index (χ1v) is 9.83. The van der Waals surface area contributed by atoms with Crippen LogP contribution in [0.3, 0.4) is 0 Å². The number of esters is 1. The van der Waals surface area contributed by atoms with E-state index in [-0.39, 0.29) is 17.9 Å². The van der Waals surface area contributed by atoms with Crippen molar-refractivity contribution in [3.63, 3.8) is 0 Å². The van der Waals surface area contributed by atoms with Gasteiger partial charge < -0.3 is 15.0 Å². The summed E-state index contributed by atoms with van der Waals surface area (Å²) in [6.45, 7) is 4.50. The summed E-state index contributed by atoms with van der Waals surface area (Å²) in [7, 11) is 0. The number of carbonyl (C=O) groups is 3. The van der Waals surface area contributed by atoms with Crippen molar-refractivity contribution in [2.45, 2.75) is 39.2 Å². The Morgan fingerprint density at radius 1 is 1.07 bits per heavy atom. The molecule has 1 aliphatic heterocycles. The molecule has 0 unspecified atom stereocenters. The van der Waals surface area contributed by atoms with E-state index < -0.39 is 5.97 Å². The summed E-state index contributed by atoms with van der Waals surface area (Å²) in [4.78, 5) is 37.9. The summed E-state index contributed by atoms with van der Waals surface area (Å²) in [5.74, 6) is -0.144. The third-order valence-corrected chi connectivity index (χ3v) is 4.98. The SMILES string of the molecule is CC(=O)Oc1cccc(C(=O)N2CCC(NC(=O)Cc3ccc(C)cc3)CC2)c1. The minimum atomic E-state index is -0.420. The molecular formula is C23H26N2O4. The first-order chi connectivity index (χ1) is 13.9. The van der Waals surface area contributed by atoms with Gasteiger partial charge in [-0.2, -0.15) is 0 Å². The van der Waals surface area contributed by atoms with Crippen LogP contribution in [0, 0.1) is 6.92 Å². The van der Waals surface area contributed by atoms with Crippen LogP contribution in [0.25, 0.3) is 0 Å². The summed E-state index contributed by atoms with van der Waals surface area (Å²) in [5.41, 5.74) is 2.66. The Hall–Kier alpha value is -3.15. The monoisotopic (exact) mass is 394 g/mol. The fraction of sp³-hybridized carbons (Fsp3) is 0.348. The maximum atomic E-state index is 12.7. The van der Waals surface area contributed by atoms with Crippen LogP contribution in [0.4, 0.5) is 0 Å². The highest BCUT2D eigenvalue weighted by molar-refractivity contribution is 5.94. The van der Waals surface area contributed by atoms with Crippen LogP contribution in [0.15, 0.2) is 48.5 Å². The van der Waals surface area contributed by atoms with Gasteiger partial charge in [0.15, 0.2) is 0 Å². The molecule has 6 heteroatoms. The van der Waals surface area contributed by atoms with Gasteiger partial charge in [0.05, 0.1) is 6.42 Å². The van der Waals surface area contributed by atoms with Crippen molar-refractivity contribution in [1.82, 2.24) is 10.2 Å². The summed E-state index contributed by atoms with van der Waals surface area (Å²) in [6, 6.07) is 14.7. The van der Waals surface area contributed by atoms with Gasteiger partial charge in [-0.25, -0.2) is 0 Å². The molecule has 1 fully saturated rings. The van der Waals surface area contributed by atoms with E-state index >= 15 is 0 Å². The topological polar surface area (TPSA) is 75.7 Å². The van der Waals surface area contributed by atoms with Gasteiger partial charge in [0.2, 0.25) is 5.91 Å². The molecule has 0 aliphatic carbocycles. The zero-order valence-corrected chi connectivity index (χ0v) is 16.8. The van der Waals surface area contributed by atoms with E-state index in [1.165, 1.54) is 12.5 Å². The standard InChI is InChI=1S/C23H26N2O4/c1-16-6-8-18(9-7-16)14-22(27)24-20-10-12-25(13-11-20)23(28)19-4-3-5-21(15-19)29-17(2)26/h3-9,15,20H,10-14H2,1-2H3,(H,24,27). The van der Waals surface area contributed by atoms with Gasteiger partial charge in [0.1, 0.15) is 5.75 Å². The fourth-order valence-electron chi connectivity index (χ4n) is 3.44. The average molecular weight is 394 g/mol. The number of nitrogens with zero attached hydrogens (tertiary/aromatic N) is 1. The number of amides is 2. The number of likely N-dealkylation sites (tertiary alicyclic amines) is 1. The number of hydrogen-bond donors (Lipinski definition) is 1. The van der Waals surface area contributed by atoms with Crippen LogP contribution in [-0.2, 0) is 16.0 Å². The number of aryl methyl sites for hydroxylation is 1. The molecular weight excluding hydrogens is 368 g/mol. The van der Waals surface area contributed by atoms with Gasteiger partial charge in [-0.05, 0) is 43.5 Å². The predicted molar refractivity (Wildman–Crippen MR) is 110 cm³/mol. The molecule has 0 saturated carbocycles. The molecule has 2 aromatic rings.